The molecule has 1 fully saturated rings. The first-order chi connectivity index (χ1) is 15.0. The van der Waals surface area contributed by atoms with E-state index in [1.165, 1.54) is 4.68 Å². The second-order valence-corrected chi connectivity index (χ2v) is 8.20. The molecule has 0 aliphatic carbocycles. The highest BCUT2D eigenvalue weighted by molar-refractivity contribution is 5.76. The summed E-state index contributed by atoms with van der Waals surface area (Å²) in [5, 5.41) is 15.3. The van der Waals surface area contributed by atoms with Crippen LogP contribution >= 0.6 is 0 Å². The molecule has 160 valence electrons. The summed E-state index contributed by atoms with van der Waals surface area (Å²) >= 11 is 0. The Morgan fingerprint density at radius 3 is 2.26 bits per heavy atom. The Balaban J connectivity index is 1.33. The molecule has 1 saturated heterocycles. The number of carbonyl (C=O) groups is 1. The number of aliphatic hydroxyl groups is 1. The van der Waals surface area contributed by atoms with Gasteiger partial charge in [0.2, 0.25) is 5.91 Å². The van der Waals surface area contributed by atoms with E-state index in [-0.39, 0.29) is 18.0 Å². The van der Waals surface area contributed by atoms with Crippen molar-refractivity contribution >= 4 is 5.91 Å². The lowest BCUT2D eigenvalue weighted by atomic mass is 9.91. The highest BCUT2D eigenvalue weighted by Gasteiger charge is 2.34. The molecule has 1 N–H and O–H groups in total. The number of nitrogens with zero attached hydrogens (tertiary/aromatic N) is 3. The van der Waals surface area contributed by atoms with E-state index >= 15 is 0 Å². The molecule has 3 aromatic rings. The Labute approximate surface area is 181 Å². The standard InChI is InChI=1S/C25H27N3O3/c29-23(12-11-20-7-3-1-4-8-20)27-15-13-25(31,14-16-27)19-28-24(30)17-22(18-26-28)21-9-5-2-6-10-21/h1-10,17-18,31H,11-16,19H2. The SMILES string of the molecule is O=C(CCc1ccccc1)N1CCC(O)(Cn2ncc(-c3ccccc3)cc2=O)CC1. The van der Waals surface area contributed by atoms with Crippen molar-refractivity contribution in [1.82, 2.24) is 14.7 Å². The van der Waals surface area contributed by atoms with E-state index in [2.05, 4.69) is 5.10 Å². The first-order valence-corrected chi connectivity index (χ1v) is 10.7. The van der Waals surface area contributed by atoms with Crippen LogP contribution in [0.25, 0.3) is 11.1 Å². The largest absolute Gasteiger partial charge is 0.388 e. The van der Waals surface area contributed by atoms with Crippen molar-refractivity contribution in [2.24, 2.45) is 0 Å². The quantitative estimate of drug-likeness (QED) is 0.669. The van der Waals surface area contributed by atoms with Crippen molar-refractivity contribution in [1.29, 1.82) is 0 Å². The second kappa shape index (κ2) is 9.27. The van der Waals surface area contributed by atoms with Crippen LogP contribution in [-0.2, 0) is 17.8 Å². The summed E-state index contributed by atoms with van der Waals surface area (Å²) in [5.74, 6) is 0.105. The van der Waals surface area contributed by atoms with Crippen LogP contribution in [0, 0.1) is 0 Å². The zero-order valence-corrected chi connectivity index (χ0v) is 17.5. The topological polar surface area (TPSA) is 75.4 Å². The number of aryl methyl sites for hydroxylation is 1. The van der Waals surface area contributed by atoms with Crippen LogP contribution in [0.2, 0.25) is 0 Å². The predicted molar refractivity (Wildman–Crippen MR) is 119 cm³/mol. The molecular formula is C25H27N3O3. The van der Waals surface area contributed by atoms with Gasteiger partial charge in [-0.3, -0.25) is 9.59 Å². The van der Waals surface area contributed by atoms with Gasteiger partial charge in [-0.2, -0.15) is 5.10 Å². The maximum absolute atomic E-state index is 12.5. The molecule has 0 spiro atoms. The van der Waals surface area contributed by atoms with E-state index in [0.717, 1.165) is 16.7 Å². The summed E-state index contributed by atoms with van der Waals surface area (Å²) in [5.41, 5.74) is 1.55. The van der Waals surface area contributed by atoms with Crippen molar-refractivity contribution in [2.75, 3.05) is 13.1 Å². The number of hydrogen-bond acceptors (Lipinski definition) is 4. The molecule has 6 nitrogen and oxygen atoms in total. The molecule has 2 aromatic carbocycles. The zero-order valence-electron chi connectivity index (χ0n) is 17.5. The highest BCUT2D eigenvalue weighted by Crippen LogP contribution is 2.24. The lowest BCUT2D eigenvalue weighted by Gasteiger charge is -2.38. The van der Waals surface area contributed by atoms with Gasteiger partial charge in [0, 0.05) is 31.1 Å². The molecule has 4 rings (SSSR count). The summed E-state index contributed by atoms with van der Waals surface area (Å²) in [6.45, 7) is 1.11. The van der Waals surface area contributed by atoms with E-state index in [1.807, 2.05) is 65.6 Å². The third kappa shape index (κ3) is 5.27. The molecule has 1 aromatic heterocycles. The third-order valence-corrected chi connectivity index (χ3v) is 5.94. The number of benzene rings is 2. The summed E-state index contributed by atoms with van der Waals surface area (Å²) in [6, 6.07) is 21.1. The van der Waals surface area contributed by atoms with E-state index in [4.69, 9.17) is 0 Å². The Kier molecular flexibility index (Phi) is 6.28. The Morgan fingerprint density at radius 1 is 0.968 bits per heavy atom. The average molecular weight is 418 g/mol. The second-order valence-electron chi connectivity index (χ2n) is 8.20. The molecule has 1 aliphatic heterocycles. The van der Waals surface area contributed by atoms with Gasteiger partial charge in [-0.05, 0) is 30.4 Å². The van der Waals surface area contributed by atoms with Crippen LogP contribution in [-0.4, -0.2) is 44.4 Å². The maximum atomic E-state index is 12.5. The maximum Gasteiger partial charge on any atom is 0.267 e. The number of amides is 1. The minimum absolute atomic E-state index is 0.105. The van der Waals surface area contributed by atoms with Crippen molar-refractivity contribution < 1.29 is 9.90 Å². The summed E-state index contributed by atoms with van der Waals surface area (Å²) in [6.07, 6.45) is 3.69. The summed E-state index contributed by atoms with van der Waals surface area (Å²) in [7, 11) is 0. The third-order valence-electron chi connectivity index (χ3n) is 5.94. The minimum atomic E-state index is -1.04. The van der Waals surface area contributed by atoms with Gasteiger partial charge >= 0.3 is 0 Å². The van der Waals surface area contributed by atoms with Crippen molar-refractivity contribution in [2.45, 2.75) is 37.8 Å². The fourth-order valence-corrected chi connectivity index (χ4v) is 4.00. The minimum Gasteiger partial charge on any atom is -0.388 e. The van der Waals surface area contributed by atoms with Crippen LogP contribution < -0.4 is 5.56 Å². The van der Waals surface area contributed by atoms with E-state index < -0.39 is 5.60 Å². The lowest BCUT2D eigenvalue weighted by molar-refractivity contribution is -0.135. The van der Waals surface area contributed by atoms with Crippen molar-refractivity contribution in [3.8, 4) is 11.1 Å². The monoisotopic (exact) mass is 417 g/mol. The van der Waals surface area contributed by atoms with E-state index in [0.29, 0.717) is 38.8 Å². The molecule has 0 unspecified atom stereocenters. The molecule has 1 amide bonds. The van der Waals surface area contributed by atoms with Crippen molar-refractivity contribution in [3.63, 3.8) is 0 Å². The van der Waals surface area contributed by atoms with Gasteiger partial charge in [0.25, 0.3) is 5.56 Å². The Hall–Kier alpha value is -3.25. The zero-order chi connectivity index (χ0) is 21.7. The average Bonchev–Trinajstić information content (AvgIpc) is 2.80. The number of hydrogen-bond donors (Lipinski definition) is 1. The van der Waals surface area contributed by atoms with Crippen LogP contribution in [0.1, 0.15) is 24.8 Å². The van der Waals surface area contributed by atoms with Crippen LogP contribution in [0.3, 0.4) is 0 Å². The van der Waals surface area contributed by atoms with Gasteiger partial charge in [-0.25, -0.2) is 4.68 Å². The lowest BCUT2D eigenvalue weighted by Crippen LogP contribution is -2.50. The molecule has 2 heterocycles. The van der Waals surface area contributed by atoms with Crippen molar-refractivity contribution in [3.05, 3.63) is 88.8 Å². The first-order valence-electron chi connectivity index (χ1n) is 10.7. The molecule has 0 radical (unpaired) electrons. The Bertz CT molecular complexity index is 1070. The number of rotatable bonds is 6. The number of aromatic nitrogens is 2. The molecule has 0 atom stereocenters. The predicted octanol–water partition coefficient (Wildman–Crippen LogP) is 2.90. The fraction of sp³-hybridized carbons (Fsp3) is 0.320. The van der Waals surface area contributed by atoms with Gasteiger partial charge in [-0.1, -0.05) is 60.7 Å². The molecule has 1 aliphatic rings. The van der Waals surface area contributed by atoms with Gasteiger partial charge in [0.05, 0.1) is 18.3 Å². The van der Waals surface area contributed by atoms with Crippen LogP contribution in [0.15, 0.2) is 77.7 Å². The Morgan fingerprint density at radius 2 is 1.61 bits per heavy atom. The van der Waals surface area contributed by atoms with Crippen LogP contribution in [0.5, 0.6) is 0 Å². The normalized spacial score (nSPS) is 15.6. The highest BCUT2D eigenvalue weighted by atomic mass is 16.3. The first kappa shape index (κ1) is 21.0. The van der Waals surface area contributed by atoms with Gasteiger partial charge in [0.15, 0.2) is 0 Å². The van der Waals surface area contributed by atoms with Gasteiger partial charge < -0.3 is 10.0 Å². The smallest absolute Gasteiger partial charge is 0.267 e. The summed E-state index contributed by atoms with van der Waals surface area (Å²) in [4.78, 5) is 26.9. The molecule has 31 heavy (non-hydrogen) atoms. The van der Waals surface area contributed by atoms with Gasteiger partial charge in [0.1, 0.15) is 0 Å². The van der Waals surface area contributed by atoms with E-state index in [1.54, 1.807) is 12.3 Å². The number of carbonyl (C=O) groups excluding carboxylic acids is 1. The van der Waals surface area contributed by atoms with Crippen LogP contribution in [0.4, 0.5) is 0 Å². The number of likely N-dealkylation sites (tertiary alicyclic amines) is 1. The molecule has 6 heteroatoms. The van der Waals surface area contributed by atoms with Gasteiger partial charge in [-0.15, -0.1) is 0 Å². The summed E-state index contributed by atoms with van der Waals surface area (Å²) < 4.78 is 1.32. The van der Waals surface area contributed by atoms with E-state index in [9.17, 15) is 14.7 Å². The molecule has 0 bridgehead atoms. The molecule has 0 saturated carbocycles. The molecular weight excluding hydrogens is 390 g/mol. The number of piperidine rings is 1. The fourth-order valence-electron chi connectivity index (χ4n) is 4.00.